The molecule has 5 nitrogen and oxygen atoms in total. The zero-order valence-corrected chi connectivity index (χ0v) is 13.9. The maximum Gasteiger partial charge on any atom is 0.213 e. The van der Waals surface area contributed by atoms with E-state index in [4.69, 9.17) is 26.3 Å². The summed E-state index contributed by atoms with van der Waals surface area (Å²) in [5.41, 5.74) is 2.40. The minimum Gasteiger partial charge on any atom is -0.474 e. The molecule has 1 aromatic carbocycles. The molecule has 3 rings (SSSR count). The molecule has 1 aliphatic heterocycles. The molecule has 0 radical (unpaired) electrons. The number of anilines is 1. The van der Waals surface area contributed by atoms with Gasteiger partial charge in [-0.05, 0) is 29.8 Å². The fourth-order valence-corrected chi connectivity index (χ4v) is 2.73. The molecule has 0 atom stereocenters. The van der Waals surface area contributed by atoms with Crippen LogP contribution in [0.25, 0.3) is 0 Å². The van der Waals surface area contributed by atoms with E-state index in [0.29, 0.717) is 23.0 Å². The molecule has 1 N–H and O–H groups in total. The van der Waals surface area contributed by atoms with Gasteiger partial charge in [0.2, 0.25) is 5.88 Å². The van der Waals surface area contributed by atoms with Gasteiger partial charge in [0.05, 0.1) is 23.8 Å². The average molecular weight is 344 g/mol. The molecular formula is C18H18ClN3O2. The molecular weight excluding hydrogens is 326 g/mol. The lowest BCUT2D eigenvalue weighted by Gasteiger charge is -2.22. The van der Waals surface area contributed by atoms with Gasteiger partial charge in [-0.1, -0.05) is 11.6 Å². The Bertz CT molecular complexity index is 739. The van der Waals surface area contributed by atoms with Crippen LogP contribution in [0.3, 0.4) is 0 Å². The molecule has 0 amide bonds. The second kappa shape index (κ2) is 8.00. The number of nitrogens with zero attached hydrogens (tertiary/aromatic N) is 2. The maximum atomic E-state index is 8.90. The number of aromatic nitrogens is 1. The molecule has 0 bridgehead atoms. The second-order valence-corrected chi connectivity index (χ2v) is 6.00. The Balaban J connectivity index is 1.60. The summed E-state index contributed by atoms with van der Waals surface area (Å²) in [5.74, 6) is 0.638. The Labute approximate surface area is 146 Å². The van der Waals surface area contributed by atoms with Crippen molar-refractivity contribution in [2.75, 3.05) is 18.5 Å². The zero-order chi connectivity index (χ0) is 16.8. The summed E-state index contributed by atoms with van der Waals surface area (Å²) in [6.07, 6.45) is 3.71. The number of ether oxygens (including phenoxy) is 2. The van der Waals surface area contributed by atoms with Gasteiger partial charge in [0.1, 0.15) is 12.2 Å². The van der Waals surface area contributed by atoms with Gasteiger partial charge in [0.25, 0.3) is 0 Å². The Morgan fingerprint density at radius 2 is 2.12 bits per heavy atom. The van der Waals surface area contributed by atoms with Crippen LogP contribution in [0.5, 0.6) is 5.88 Å². The Hall–Kier alpha value is -2.29. The number of nitriles is 1. The molecule has 1 aliphatic rings. The van der Waals surface area contributed by atoms with E-state index in [-0.39, 0.29) is 6.10 Å². The van der Waals surface area contributed by atoms with Crippen molar-refractivity contribution >= 4 is 17.3 Å². The number of nitrogens with one attached hydrogen (secondary N) is 1. The van der Waals surface area contributed by atoms with Crippen LogP contribution in [0.15, 0.2) is 36.5 Å². The van der Waals surface area contributed by atoms with E-state index in [1.165, 1.54) is 0 Å². The standard InChI is InChI=1S/C18H18ClN3O2/c19-17-10-15(2-1-14(17)11-20)22-12-13-3-6-21-18(9-13)24-16-4-7-23-8-5-16/h1-3,6,9-10,16,22H,4-5,7-8,12H2. The van der Waals surface area contributed by atoms with Crippen LogP contribution in [0.1, 0.15) is 24.0 Å². The third-order valence-electron chi connectivity index (χ3n) is 3.84. The second-order valence-electron chi connectivity index (χ2n) is 5.59. The molecule has 2 aromatic rings. The Morgan fingerprint density at radius 3 is 2.88 bits per heavy atom. The van der Waals surface area contributed by atoms with Crippen LogP contribution in [0, 0.1) is 11.3 Å². The lowest BCUT2D eigenvalue weighted by molar-refractivity contribution is 0.0237. The van der Waals surface area contributed by atoms with E-state index in [1.54, 1.807) is 18.3 Å². The Morgan fingerprint density at radius 1 is 1.29 bits per heavy atom. The topological polar surface area (TPSA) is 67.2 Å². The van der Waals surface area contributed by atoms with Crippen LogP contribution >= 0.6 is 11.6 Å². The number of halogens is 1. The van der Waals surface area contributed by atoms with Crippen molar-refractivity contribution in [3.8, 4) is 11.9 Å². The first kappa shape index (κ1) is 16.6. The van der Waals surface area contributed by atoms with E-state index in [0.717, 1.165) is 37.3 Å². The lowest BCUT2D eigenvalue weighted by Crippen LogP contribution is -2.26. The number of benzene rings is 1. The van der Waals surface area contributed by atoms with E-state index >= 15 is 0 Å². The highest BCUT2D eigenvalue weighted by Crippen LogP contribution is 2.21. The third kappa shape index (κ3) is 4.38. The molecule has 6 heteroatoms. The third-order valence-corrected chi connectivity index (χ3v) is 4.15. The maximum absolute atomic E-state index is 8.90. The number of rotatable bonds is 5. The molecule has 0 saturated carbocycles. The highest BCUT2D eigenvalue weighted by atomic mass is 35.5. The van der Waals surface area contributed by atoms with Crippen molar-refractivity contribution < 1.29 is 9.47 Å². The predicted molar refractivity (Wildman–Crippen MR) is 92.2 cm³/mol. The minimum absolute atomic E-state index is 0.173. The van der Waals surface area contributed by atoms with Crippen LogP contribution in [0.2, 0.25) is 5.02 Å². The monoisotopic (exact) mass is 343 g/mol. The van der Waals surface area contributed by atoms with E-state index in [1.807, 2.05) is 24.3 Å². The first-order valence-electron chi connectivity index (χ1n) is 7.87. The predicted octanol–water partition coefficient (Wildman–Crippen LogP) is 3.78. The molecule has 0 aliphatic carbocycles. The zero-order valence-electron chi connectivity index (χ0n) is 13.2. The van der Waals surface area contributed by atoms with Gasteiger partial charge in [-0.3, -0.25) is 0 Å². The molecule has 0 unspecified atom stereocenters. The summed E-state index contributed by atoms with van der Waals surface area (Å²) in [4.78, 5) is 4.28. The largest absolute Gasteiger partial charge is 0.474 e. The van der Waals surface area contributed by atoms with Crippen LogP contribution in [0.4, 0.5) is 5.69 Å². The quantitative estimate of drug-likeness (QED) is 0.894. The van der Waals surface area contributed by atoms with Crippen molar-refractivity contribution in [1.82, 2.24) is 4.98 Å². The van der Waals surface area contributed by atoms with Crippen LogP contribution in [-0.2, 0) is 11.3 Å². The molecule has 1 saturated heterocycles. The minimum atomic E-state index is 0.173. The van der Waals surface area contributed by atoms with Crippen LogP contribution < -0.4 is 10.1 Å². The van der Waals surface area contributed by atoms with Gasteiger partial charge < -0.3 is 14.8 Å². The van der Waals surface area contributed by atoms with Crippen LogP contribution in [-0.4, -0.2) is 24.3 Å². The smallest absolute Gasteiger partial charge is 0.213 e. The van der Waals surface area contributed by atoms with Crippen molar-refractivity contribution in [1.29, 1.82) is 5.26 Å². The fraction of sp³-hybridized carbons (Fsp3) is 0.333. The highest BCUT2D eigenvalue weighted by molar-refractivity contribution is 6.32. The average Bonchev–Trinajstić information content (AvgIpc) is 2.61. The fourth-order valence-electron chi connectivity index (χ4n) is 2.51. The van der Waals surface area contributed by atoms with Gasteiger partial charge in [0, 0.05) is 37.3 Å². The van der Waals surface area contributed by atoms with E-state index in [9.17, 15) is 0 Å². The SMILES string of the molecule is N#Cc1ccc(NCc2ccnc(OC3CCOCC3)c2)cc1Cl. The first-order valence-corrected chi connectivity index (χ1v) is 8.25. The highest BCUT2D eigenvalue weighted by Gasteiger charge is 2.15. The number of hydrogen-bond acceptors (Lipinski definition) is 5. The van der Waals surface area contributed by atoms with Crippen molar-refractivity contribution in [2.24, 2.45) is 0 Å². The molecule has 2 heterocycles. The summed E-state index contributed by atoms with van der Waals surface area (Å²) in [6.45, 7) is 2.10. The molecule has 0 spiro atoms. The summed E-state index contributed by atoms with van der Waals surface area (Å²) in [7, 11) is 0. The van der Waals surface area contributed by atoms with Crippen molar-refractivity contribution in [3.05, 3.63) is 52.7 Å². The van der Waals surface area contributed by atoms with Gasteiger partial charge in [-0.25, -0.2) is 4.98 Å². The molecule has 124 valence electrons. The van der Waals surface area contributed by atoms with E-state index in [2.05, 4.69) is 10.3 Å². The molecule has 1 fully saturated rings. The van der Waals surface area contributed by atoms with Gasteiger partial charge in [-0.15, -0.1) is 0 Å². The Kier molecular flexibility index (Phi) is 5.52. The molecule has 24 heavy (non-hydrogen) atoms. The number of hydrogen-bond donors (Lipinski definition) is 1. The number of pyridine rings is 1. The van der Waals surface area contributed by atoms with Gasteiger partial charge >= 0.3 is 0 Å². The van der Waals surface area contributed by atoms with E-state index < -0.39 is 0 Å². The van der Waals surface area contributed by atoms with Crippen molar-refractivity contribution in [3.63, 3.8) is 0 Å². The summed E-state index contributed by atoms with van der Waals surface area (Å²) >= 11 is 6.04. The summed E-state index contributed by atoms with van der Waals surface area (Å²) < 4.78 is 11.3. The lowest BCUT2D eigenvalue weighted by atomic mass is 10.1. The molecule has 1 aromatic heterocycles. The summed E-state index contributed by atoms with van der Waals surface area (Å²) in [5, 5.41) is 12.6. The van der Waals surface area contributed by atoms with Gasteiger partial charge in [0.15, 0.2) is 0 Å². The van der Waals surface area contributed by atoms with Crippen molar-refractivity contribution in [2.45, 2.75) is 25.5 Å². The normalized spacial score (nSPS) is 14.8. The summed E-state index contributed by atoms with van der Waals surface area (Å²) in [6, 6.07) is 11.2. The van der Waals surface area contributed by atoms with Gasteiger partial charge in [-0.2, -0.15) is 5.26 Å². The first-order chi connectivity index (χ1) is 11.7.